The number of nitrogen functional groups attached to an aromatic ring is 1. The zero-order chi connectivity index (χ0) is 29.2. The predicted molar refractivity (Wildman–Crippen MR) is 150 cm³/mol. The fraction of sp³-hybridized carbons (Fsp3) is 0.552. The van der Waals surface area contributed by atoms with E-state index in [0.29, 0.717) is 56.1 Å². The number of pyridine rings is 1. The molecule has 13 heteroatoms. The van der Waals surface area contributed by atoms with Crippen molar-refractivity contribution in [2.75, 3.05) is 50.1 Å². The van der Waals surface area contributed by atoms with Crippen LogP contribution in [0.2, 0.25) is 5.02 Å². The van der Waals surface area contributed by atoms with Gasteiger partial charge in [0.05, 0.1) is 39.9 Å². The number of ether oxygens (including phenoxy) is 2. The number of hydrogen-bond donors (Lipinski definition) is 1. The molecule has 4 aliphatic heterocycles. The summed E-state index contributed by atoms with van der Waals surface area (Å²) >= 11 is 6.03. The summed E-state index contributed by atoms with van der Waals surface area (Å²) in [5.74, 6) is -0.523. The number of aromatic nitrogens is 3. The summed E-state index contributed by atoms with van der Waals surface area (Å²) in [6.45, 7) is 4.06. The predicted octanol–water partition coefficient (Wildman–Crippen LogP) is 5.63. The van der Waals surface area contributed by atoms with E-state index in [1.54, 1.807) is 0 Å². The minimum Gasteiger partial charge on any atom is -0.461 e. The third-order valence-electron chi connectivity index (χ3n) is 9.18. The number of nitrogens with zero attached hydrogens (tertiary/aromatic N) is 5. The van der Waals surface area contributed by atoms with Gasteiger partial charge in [0.2, 0.25) is 0 Å². The minimum atomic E-state index is -4.87. The summed E-state index contributed by atoms with van der Waals surface area (Å²) in [6, 6.07) is 2.00. The zero-order valence-electron chi connectivity index (χ0n) is 22.9. The van der Waals surface area contributed by atoms with E-state index in [2.05, 4.69) is 19.8 Å². The number of halogens is 5. The van der Waals surface area contributed by atoms with Crippen molar-refractivity contribution < 1.29 is 27.0 Å². The maximum Gasteiger partial charge on any atom is 0.418 e. The lowest BCUT2D eigenvalue weighted by atomic mass is 9.95. The van der Waals surface area contributed by atoms with Crippen LogP contribution in [0.1, 0.15) is 49.8 Å². The average Bonchev–Trinajstić information content (AvgIpc) is 3.37. The van der Waals surface area contributed by atoms with E-state index in [1.807, 2.05) is 0 Å². The molecule has 0 bridgehead atoms. The van der Waals surface area contributed by atoms with Gasteiger partial charge in [0, 0.05) is 24.4 Å². The van der Waals surface area contributed by atoms with Crippen molar-refractivity contribution in [3.63, 3.8) is 0 Å². The maximum atomic E-state index is 16.6. The Morgan fingerprint density at radius 2 is 1.88 bits per heavy atom. The van der Waals surface area contributed by atoms with Gasteiger partial charge >= 0.3 is 12.2 Å². The van der Waals surface area contributed by atoms with Crippen LogP contribution in [0.25, 0.3) is 22.2 Å². The summed E-state index contributed by atoms with van der Waals surface area (Å²) in [5, 5.41) is -0.238. The van der Waals surface area contributed by atoms with Crippen LogP contribution in [0.3, 0.4) is 0 Å². The molecule has 224 valence electrons. The molecule has 2 aromatic heterocycles. The highest BCUT2D eigenvalue weighted by atomic mass is 35.5. The van der Waals surface area contributed by atoms with Crippen molar-refractivity contribution in [1.29, 1.82) is 0 Å². The van der Waals surface area contributed by atoms with Crippen LogP contribution in [0.15, 0.2) is 12.1 Å². The van der Waals surface area contributed by atoms with Crippen molar-refractivity contribution in [1.82, 2.24) is 19.9 Å². The summed E-state index contributed by atoms with van der Waals surface area (Å²) in [5.41, 5.74) is 3.82. The van der Waals surface area contributed by atoms with Crippen LogP contribution >= 0.6 is 11.6 Å². The Bertz CT molecular complexity index is 1540. The number of nitrogens with two attached hydrogens (primary N) is 1. The van der Waals surface area contributed by atoms with Crippen LogP contribution in [0.4, 0.5) is 29.1 Å². The first-order valence-corrected chi connectivity index (χ1v) is 14.8. The van der Waals surface area contributed by atoms with Crippen LogP contribution < -0.4 is 15.4 Å². The molecule has 1 unspecified atom stereocenters. The number of benzene rings is 1. The molecule has 8 nitrogen and oxygen atoms in total. The van der Waals surface area contributed by atoms with Crippen LogP contribution in [-0.4, -0.2) is 70.9 Å². The van der Waals surface area contributed by atoms with Gasteiger partial charge in [-0.05, 0) is 70.2 Å². The largest absolute Gasteiger partial charge is 0.461 e. The lowest BCUT2D eigenvalue weighted by Gasteiger charge is -2.32. The molecular weight excluding hydrogens is 576 g/mol. The fourth-order valence-electron chi connectivity index (χ4n) is 7.25. The third-order valence-corrected chi connectivity index (χ3v) is 9.48. The van der Waals surface area contributed by atoms with Gasteiger partial charge in [-0.3, -0.25) is 4.90 Å². The first-order valence-electron chi connectivity index (χ1n) is 14.4. The smallest absolute Gasteiger partial charge is 0.418 e. The van der Waals surface area contributed by atoms with Crippen LogP contribution in [0, 0.1) is 5.82 Å². The molecule has 3 fully saturated rings. The molecule has 0 amide bonds. The topological polar surface area (TPSA) is 89.6 Å². The second kappa shape index (κ2) is 10.3. The number of hydrogen-bond acceptors (Lipinski definition) is 8. The van der Waals surface area contributed by atoms with E-state index in [4.69, 9.17) is 31.8 Å². The Hall–Kier alpha value is -2.96. The van der Waals surface area contributed by atoms with E-state index >= 15 is 4.39 Å². The first-order chi connectivity index (χ1) is 20.1. The third kappa shape index (κ3) is 4.62. The monoisotopic (exact) mass is 606 g/mol. The standard InChI is InChI=1S/C29H31ClF4N6O2/c30-19-13-16(35)12-18(22(19)29(32,33)34)24-23(31)25-21-20(36-24)5-4-17-14-41-11-3-10-40(17)26(21)38-27(37-25)42-15-28-6-1-8-39(28)9-2-7-28/h12-13,17H,1-11,14-15,35H2. The molecular formula is C29H31ClF4N6O2. The number of fused-ring (bicyclic) bond motifs is 3. The van der Waals surface area contributed by atoms with E-state index in [-0.39, 0.29) is 28.8 Å². The Morgan fingerprint density at radius 3 is 2.64 bits per heavy atom. The molecule has 3 saturated heterocycles. The highest BCUT2D eigenvalue weighted by molar-refractivity contribution is 6.32. The van der Waals surface area contributed by atoms with Gasteiger partial charge < -0.3 is 20.1 Å². The van der Waals surface area contributed by atoms with Gasteiger partial charge in [-0.25, -0.2) is 9.37 Å². The lowest BCUT2D eigenvalue weighted by molar-refractivity contribution is -0.137. The Kier molecular flexibility index (Phi) is 6.86. The normalized spacial score (nSPS) is 22.1. The van der Waals surface area contributed by atoms with Crippen molar-refractivity contribution in [2.45, 2.75) is 62.7 Å². The van der Waals surface area contributed by atoms with Gasteiger partial charge in [-0.2, -0.15) is 23.1 Å². The second-order valence-electron chi connectivity index (χ2n) is 11.7. The van der Waals surface area contributed by atoms with Crippen molar-refractivity contribution in [3.05, 3.63) is 34.2 Å². The number of rotatable bonds is 4. The van der Waals surface area contributed by atoms with Crippen molar-refractivity contribution in [3.8, 4) is 17.3 Å². The van der Waals surface area contributed by atoms with E-state index in [0.717, 1.165) is 57.3 Å². The molecule has 1 atom stereocenters. The maximum absolute atomic E-state index is 16.6. The van der Waals surface area contributed by atoms with Crippen LogP contribution in [0.5, 0.6) is 6.01 Å². The quantitative estimate of drug-likeness (QED) is 0.302. The molecule has 4 aliphatic rings. The molecule has 2 N–H and O–H groups in total. The number of alkyl halides is 3. The molecule has 1 aromatic carbocycles. The first kappa shape index (κ1) is 27.8. The van der Waals surface area contributed by atoms with Crippen molar-refractivity contribution >= 4 is 34.0 Å². The minimum absolute atomic E-state index is 0.0000862. The summed E-state index contributed by atoms with van der Waals surface area (Å²) in [7, 11) is 0. The van der Waals surface area contributed by atoms with Gasteiger partial charge in [-0.1, -0.05) is 11.6 Å². The number of aryl methyl sites for hydroxylation is 1. The molecule has 42 heavy (non-hydrogen) atoms. The molecule has 0 aliphatic carbocycles. The van der Waals surface area contributed by atoms with Crippen molar-refractivity contribution in [2.24, 2.45) is 0 Å². The summed E-state index contributed by atoms with van der Waals surface area (Å²) in [4.78, 5) is 18.3. The SMILES string of the molecule is Nc1cc(Cl)c(C(F)(F)F)c(-c2nc3c4c(nc(OCC56CCCN5CCC6)nc4c2F)N2CCCOCC2CC3)c1. The highest BCUT2D eigenvalue weighted by Gasteiger charge is 2.45. The highest BCUT2D eigenvalue weighted by Crippen LogP contribution is 2.46. The Balaban J connectivity index is 1.42. The van der Waals surface area contributed by atoms with Gasteiger partial charge in [0.15, 0.2) is 5.82 Å². The summed E-state index contributed by atoms with van der Waals surface area (Å²) < 4.78 is 71.3. The number of anilines is 2. The molecule has 7 rings (SSSR count). The van der Waals surface area contributed by atoms with E-state index in [1.165, 1.54) is 0 Å². The van der Waals surface area contributed by atoms with E-state index in [9.17, 15) is 13.2 Å². The molecule has 6 heterocycles. The van der Waals surface area contributed by atoms with Gasteiger partial charge in [0.25, 0.3) is 0 Å². The molecule has 0 saturated carbocycles. The van der Waals surface area contributed by atoms with Gasteiger partial charge in [0.1, 0.15) is 23.6 Å². The molecule has 0 radical (unpaired) electrons. The zero-order valence-corrected chi connectivity index (χ0v) is 23.7. The van der Waals surface area contributed by atoms with Crippen LogP contribution in [-0.2, 0) is 17.3 Å². The van der Waals surface area contributed by atoms with E-state index < -0.39 is 33.8 Å². The second-order valence-corrected chi connectivity index (χ2v) is 12.1. The lowest BCUT2D eigenvalue weighted by Crippen LogP contribution is -2.43. The molecule has 3 aromatic rings. The van der Waals surface area contributed by atoms with Gasteiger partial charge in [-0.15, -0.1) is 0 Å². The average molecular weight is 607 g/mol. The fourth-order valence-corrected chi connectivity index (χ4v) is 7.58. The Morgan fingerprint density at radius 1 is 1.10 bits per heavy atom. The molecule has 0 spiro atoms. The summed E-state index contributed by atoms with van der Waals surface area (Å²) in [6.07, 6.45) is 1.02. The Labute approximate surface area is 245 Å².